The van der Waals surface area contributed by atoms with Gasteiger partial charge in [0.25, 0.3) is 5.91 Å². The summed E-state index contributed by atoms with van der Waals surface area (Å²) in [7, 11) is 0. The fourth-order valence-electron chi connectivity index (χ4n) is 5.06. The Balaban J connectivity index is 1.42. The molecule has 1 amide bonds. The Morgan fingerprint density at radius 2 is 1.79 bits per heavy atom. The number of benzene rings is 3. The molecule has 7 heteroatoms. The summed E-state index contributed by atoms with van der Waals surface area (Å²) in [6.45, 7) is 3.15. The van der Waals surface area contributed by atoms with E-state index in [0.717, 1.165) is 29.9 Å². The number of carbonyl (C=O) groups is 2. The standard InChI is InChI=1S/C31H30ClN3O3/c1-20(31(37)38)6-5-9-27-29(22-10-13-25(32)14-11-22)34-26-15-12-23(18-28(26)33-27)30(36)35-17-16-24(19-35)21-7-3-2-4-8-21/h2-4,7-8,10-15,18,20,24H,5-6,9,16-17,19H2,1H3,(H,37,38)/t20?,24-/m1/s1. The third-order valence-corrected chi connectivity index (χ3v) is 7.57. The Kier molecular flexibility index (Phi) is 7.70. The van der Waals surface area contributed by atoms with E-state index in [-0.39, 0.29) is 5.91 Å². The number of halogens is 1. The Hall–Kier alpha value is -3.77. The summed E-state index contributed by atoms with van der Waals surface area (Å²) in [6.07, 6.45) is 2.75. The first kappa shape index (κ1) is 25.9. The Morgan fingerprint density at radius 1 is 1.03 bits per heavy atom. The fraction of sp³-hybridized carbons (Fsp3) is 0.290. The van der Waals surface area contributed by atoms with Crippen molar-refractivity contribution in [1.29, 1.82) is 0 Å². The number of nitrogens with zero attached hydrogens (tertiary/aromatic N) is 3. The van der Waals surface area contributed by atoms with Crippen molar-refractivity contribution in [3.8, 4) is 11.3 Å². The van der Waals surface area contributed by atoms with Crippen LogP contribution in [-0.4, -0.2) is 44.9 Å². The van der Waals surface area contributed by atoms with Crippen molar-refractivity contribution in [2.75, 3.05) is 13.1 Å². The molecule has 0 aliphatic carbocycles. The van der Waals surface area contributed by atoms with Crippen LogP contribution in [0.25, 0.3) is 22.3 Å². The Labute approximate surface area is 227 Å². The minimum Gasteiger partial charge on any atom is -0.481 e. The minimum absolute atomic E-state index is 0.00532. The van der Waals surface area contributed by atoms with Crippen molar-refractivity contribution in [1.82, 2.24) is 14.9 Å². The van der Waals surface area contributed by atoms with Crippen LogP contribution in [0.3, 0.4) is 0 Å². The number of likely N-dealkylation sites (tertiary alicyclic amines) is 1. The summed E-state index contributed by atoms with van der Waals surface area (Å²) in [4.78, 5) is 36.4. The lowest BCUT2D eigenvalue weighted by molar-refractivity contribution is -0.141. The van der Waals surface area contributed by atoms with E-state index in [0.29, 0.717) is 53.3 Å². The zero-order valence-electron chi connectivity index (χ0n) is 21.3. The maximum atomic E-state index is 13.4. The molecule has 0 saturated carbocycles. The van der Waals surface area contributed by atoms with Crippen LogP contribution in [-0.2, 0) is 11.2 Å². The number of aromatic nitrogens is 2. The van der Waals surface area contributed by atoms with Crippen LogP contribution in [0.4, 0.5) is 0 Å². The van der Waals surface area contributed by atoms with Crippen LogP contribution in [0.15, 0.2) is 72.8 Å². The highest BCUT2D eigenvalue weighted by atomic mass is 35.5. The highest BCUT2D eigenvalue weighted by Crippen LogP contribution is 2.30. The minimum atomic E-state index is -0.799. The van der Waals surface area contributed by atoms with E-state index in [1.54, 1.807) is 6.92 Å². The summed E-state index contributed by atoms with van der Waals surface area (Å²) in [5.74, 6) is -0.869. The first-order chi connectivity index (χ1) is 18.4. The third kappa shape index (κ3) is 5.70. The predicted octanol–water partition coefficient (Wildman–Crippen LogP) is 6.62. The molecule has 1 fully saturated rings. The molecule has 5 rings (SSSR count). The van der Waals surface area contributed by atoms with Gasteiger partial charge in [-0.05, 0) is 61.6 Å². The van der Waals surface area contributed by atoms with Crippen molar-refractivity contribution in [2.24, 2.45) is 5.92 Å². The molecule has 1 N–H and O–H groups in total. The molecule has 0 bridgehead atoms. The molecule has 3 aromatic carbocycles. The summed E-state index contributed by atoms with van der Waals surface area (Å²) in [6, 6.07) is 23.3. The molecular formula is C31H30ClN3O3. The van der Waals surface area contributed by atoms with Crippen LogP contribution in [0.5, 0.6) is 0 Å². The van der Waals surface area contributed by atoms with Gasteiger partial charge in [-0.1, -0.05) is 61.0 Å². The van der Waals surface area contributed by atoms with Crippen molar-refractivity contribution in [2.45, 2.75) is 38.5 Å². The number of carboxylic acids is 1. The predicted molar refractivity (Wildman–Crippen MR) is 149 cm³/mol. The number of aryl methyl sites for hydroxylation is 1. The Morgan fingerprint density at radius 3 is 2.53 bits per heavy atom. The number of fused-ring (bicyclic) bond motifs is 1. The van der Waals surface area contributed by atoms with E-state index >= 15 is 0 Å². The van der Waals surface area contributed by atoms with Gasteiger partial charge in [-0.2, -0.15) is 0 Å². The smallest absolute Gasteiger partial charge is 0.306 e. The molecule has 1 aliphatic rings. The number of rotatable bonds is 8. The van der Waals surface area contributed by atoms with Gasteiger partial charge in [-0.3, -0.25) is 9.59 Å². The van der Waals surface area contributed by atoms with E-state index in [2.05, 4.69) is 12.1 Å². The first-order valence-electron chi connectivity index (χ1n) is 13.0. The summed E-state index contributed by atoms with van der Waals surface area (Å²) in [5.41, 5.74) is 5.67. The molecule has 6 nitrogen and oxygen atoms in total. The molecule has 194 valence electrons. The molecule has 0 spiro atoms. The Bertz CT molecular complexity index is 1460. The number of amides is 1. The maximum absolute atomic E-state index is 13.4. The average molecular weight is 528 g/mol. The molecule has 2 heterocycles. The molecular weight excluding hydrogens is 498 g/mol. The lowest BCUT2D eigenvalue weighted by atomic mass is 9.99. The van der Waals surface area contributed by atoms with Gasteiger partial charge in [0.1, 0.15) is 0 Å². The van der Waals surface area contributed by atoms with Crippen LogP contribution < -0.4 is 0 Å². The molecule has 2 atom stereocenters. The second kappa shape index (κ2) is 11.3. The number of hydrogen-bond donors (Lipinski definition) is 1. The fourth-order valence-corrected chi connectivity index (χ4v) is 5.19. The molecule has 1 aliphatic heterocycles. The van der Waals surface area contributed by atoms with Gasteiger partial charge in [0, 0.05) is 35.2 Å². The van der Waals surface area contributed by atoms with Crippen LogP contribution in [0.1, 0.15) is 53.7 Å². The van der Waals surface area contributed by atoms with Crippen molar-refractivity contribution in [3.63, 3.8) is 0 Å². The molecule has 4 aromatic rings. The number of hydrogen-bond acceptors (Lipinski definition) is 4. The normalized spacial score (nSPS) is 16.1. The summed E-state index contributed by atoms with van der Waals surface area (Å²) in [5, 5.41) is 9.89. The van der Waals surface area contributed by atoms with Gasteiger partial charge in [-0.25, -0.2) is 9.97 Å². The van der Waals surface area contributed by atoms with Crippen LogP contribution in [0.2, 0.25) is 5.02 Å². The van der Waals surface area contributed by atoms with Crippen molar-refractivity contribution < 1.29 is 14.7 Å². The molecule has 0 radical (unpaired) electrons. The number of carboxylic acid groups (broad SMARTS) is 1. The third-order valence-electron chi connectivity index (χ3n) is 7.32. The van der Waals surface area contributed by atoms with E-state index < -0.39 is 11.9 Å². The van der Waals surface area contributed by atoms with E-state index in [9.17, 15) is 14.7 Å². The summed E-state index contributed by atoms with van der Waals surface area (Å²) < 4.78 is 0. The monoisotopic (exact) mass is 527 g/mol. The second-order valence-electron chi connectivity index (χ2n) is 10.0. The van der Waals surface area contributed by atoms with Crippen LogP contribution in [0, 0.1) is 5.92 Å². The van der Waals surface area contributed by atoms with Gasteiger partial charge >= 0.3 is 5.97 Å². The molecule has 1 aromatic heterocycles. The molecule has 1 saturated heterocycles. The second-order valence-corrected chi connectivity index (χ2v) is 10.4. The van der Waals surface area contributed by atoms with Crippen LogP contribution >= 0.6 is 11.6 Å². The largest absolute Gasteiger partial charge is 0.481 e. The van der Waals surface area contributed by atoms with E-state index in [1.165, 1.54) is 5.56 Å². The lowest BCUT2D eigenvalue weighted by Gasteiger charge is -2.17. The maximum Gasteiger partial charge on any atom is 0.306 e. The van der Waals surface area contributed by atoms with Gasteiger partial charge in [0.2, 0.25) is 0 Å². The summed E-state index contributed by atoms with van der Waals surface area (Å²) >= 11 is 6.10. The lowest BCUT2D eigenvalue weighted by Crippen LogP contribution is -2.28. The van der Waals surface area contributed by atoms with Crippen molar-refractivity contribution in [3.05, 3.63) is 94.6 Å². The first-order valence-corrected chi connectivity index (χ1v) is 13.4. The topological polar surface area (TPSA) is 83.4 Å². The zero-order chi connectivity index (χ0) is 26.6. The molecule has 38 heavy (non-hydrogen) atoms. The van der Waals surface area contributed by atoms with Gasteiger partial charge in [-0.15, -0.1) is 0 Å². The zero-order valence-corrected chi connectivity index (χ0v) is 22.1. The van der Waals surface area contributed by atoms with E-state index in [4.69, 9.17) is 21.6 Å². The number of carbonyl (C=O) groups excluding carboxylic acids is 1. The number of aliphatic carboxylic acids is 1. The quantitative estimate of drug-likeness (QED) is 0.278. The van der Waals surface area contributed by atoms with Gasteiger partial charge in [0.05, 0.1) is 28.3 Å². The van der Waals surface area contributed by atoms with Gasteiger partial charge in [0.15, 0.2) is 0 Å². The van der Waals surface area contributed by atoms with E-state index in [1.807, 2.05) is 65.6 Å². The highest BCUT2D eigenvalue weighted by Gasteiger charge is 2.28. The van der Waals surface area contributed by atoms with Crippen molar-refractivity contribution >= 4 is 34.5 Å². The highest BCUT2D eigenvalue weighted by molar-refractivity contribution is 6.30. The SMILES string of the molecule is CC(CCCc1nc2cc(C(=O)N3CC[C@@H](c4ccccc4)C3)ccc2nc1-c1ccc(Cl)cc1)C(=O)O. The average Bonchev–Trinajstić information content (AvgIpc) is 3.43. The van der Waals surface area contributed by atoms with Gasteiger partial charge < -0.3 is 10.0 Å². The molecule has 1 unspecified atom stereocenters.